The van der Waals surface area contributed by atoms with Crippen LogP contribution in [0.1, 0.15) is 29.6 Å². The van der Waals surface area contributed by atoms with Crippen molar-refractivity contribution in [2.45, 2.75) is 36.9 Å². The van der Waals surface area contributed by atoms with E-state index in [1.165, 1.54) is 6.20 Å². The molecule has 1 fully saturated rings. The van der Waals surface area contributed by atoms with Crippen molar-refractivity contribution < 1.29 is 8.42 Å². The van der Waals surface area contributed by atoms with Gasteiger partial charge in [0.25, 0.3) is 15.6 Å². The monoisotopic (exact) mass is 522 g/mol. The van der Waals surface area contributed by atoms with Gasteiger partial charge in [0, 0.05) is 36.5 Å². The Balaban J connectivity index is 1.44. The van der Waals surface area contributed by atoms with Crippen LogP contribution in [-0.4, -0.2) is 35.0 Å². The van der Waals surface area contributed by atoms with E-state index >= 15 is 0 Å². The van der Waals surface area contributed by atoms with Gasteiger partial charge >= 0.3 is 0 Å². The molecule has 0 spiro atoms. The minimum absolute atomic E-state index is 0.0893. The van der Waals surface area contributed by atoms with Gasteiger partial charge in [0.2, 0.25) is 0 Å². The van der Waals surface area contributed by atoms with Gasteiger partial charge in [0.15, 0.2) is 4.21 Å². The molecule has 1 aliphatic rings. The van der Waals surface area contributed by atoms with E-state index in [9.17, 15) is 13.2 Å². The molecule has 186 valence electrons. The van der Waals surface area contributed by atoms with Crippen LogP contribution in [0.15, 0.2) is 64.3 Å². The maximum Gasteiger partial charge on any atom is 0.273 e. The predicted octanol–water partition coefficient (Wildman–Crippen LogP) is 4.02. The van der Waals surface area contributed by atoms with E-state index in [-0.39, 0.29) is 15.8 Å². The van der Waals surface area contributed by atoms with Crippen molar-refractivity contribution >= 4 is 38.0 Å². The summed E-state index contributed by atoms with van der Waals surface area (Å²) in [7, 11) is -1.94. The summed E-state index contributed by atoms with van der Waals surface area (Å²) >= 11 is 1.12. The molecule has 9 nitrogen and oxygen atoms in total. The Hall–Kier alpha value is -3.57. The van der Waals surface area contributed by atoms with Crippen LogP contribution in [0, 0.1) is 19.8 Å². The molecule has 2 N–H and O–H groups in total. The number of aromatic nitrogens is 4. The molecular weight excluding hydrogens is 496 g/mol. The number of anilines is 1. The molecule has 36 heavy (non-hydrogen) atoms. The molecule has 0 aliphatic heterocycles. The number of hydrogen-bond donors (Lipinski definition) is 2. The molecule has 1 saturated carbocycles. The first-order valence-corrected chi connectivity index (χ1v) is 13.8. The highest BCUT2D eigenvalue weighted by atomic mass is 32.2. The number of nitrogens with one attached hydrogen (secondary N) is 2. The van der Waals surface area contributed by atoms with Gasteiger partial charge in [-0.15, -0.1) is 11.3 Å². The average molecular weight is 523 g/mol. The van der Waals surface area contributed by atoms with Crippen LogP contribution in [0.3, 0.4) is 0 Å². The van der Waals surface area contributed by atoms with Crippen molar-refractivity contribution in [3.8, 4) is 11.1 Å². The van der Waals surface area contributed by atoms with Gasteiger partial charge in [0.1, 0.15) is 0 Å². The zero-order valence-electron chi connectivity index (χ0n) is 20.1. The lowest BCUT2D eigenvalue weighted by Gasteiger charge is -2.37. The molecule has 0 saturated heterocycles. The lowest BCUT2D eigenvalue weighted by Crippen LogP contribution is -2.36. The SMILES string of the molecule is C=C(NC)C1CC(n2cnc3ccc(-c4cncc(NS(=O)(=O)c5sc(C)nc5C)c4)cc3c2=O)C1. The number of pyridine rings is 1. The van der Waals surface area contributed by atoms with Crippen LogP contribution in [0.5, 0.6) is 0 Å². The molecule has 4 aromatic rings. The minimum Gasteiger partial charge on any atom is -0.392 e. The largest absolute Gasteiger partial charge is 0.392 e. The first kappa shape index (κ1) is 24.1. The van der Waals surface area contributed by atoms with Crippen LogP contribution in [0.2, 0.25) is 0 Å². The average Bonchev–Trinajstić information content (AvgIpc) is 3.18. The molecule has 3 heterocycles. The summed E-state index contributed by atoms with van der Waals surface area (Å²) in [4.78, 5) is 26.2. The van der Waals surface area contributed by atoms with E-state index in [2.05, 4.69) is 31.6 Å². The summed E-state index contributed by atoms with van der Waals surface area (Å²) < 4.78 is 30.3. The number of fused-ring (bicyclic) bond motifs is 1. The van der Waals surface area contributed by atoms with Crippen LogP contribution in [0.25, 0.3) is 22.0 Å². The number of rotatable bonds is 7. The summed E-state index contributed by atoms with van der Waals surface area (Å²) in [5.74, 6) is 0.351. The third kappa shape index (κ3) is 4.40. The summed E-state index contributed by atoms with van der Waals surface area (Å²) in [6.07, 6.45) is 6.39. The Kier molecular flexibility index (Phi) is 6.13. The highest BCUT2D eigenvalue weighted by molar-refractivity contribution is 7.94. The Labute approximate surface area is 213 Å². The summed E-state index contributed by atoms with van der Waals surface area (Å²) in [5, 5.41) is 4.28. The maximum atomic E-state index is 13.3. The second-order valence-electron chi connectivity index (χ2n) is 8.96. The number of allylic oxidation sites excluding steroid dienone is 1. The van der Waals surface area contributed by atoms with Crippen LogP contribution < -0.4 is 15.6 Å². The number of aryl methyl sites for hydroxylation is 2. The van der Waals surface area contributed by atoms with Crippen molar-refractivity contribution in [1.29, 1.82) is 0 Å². The molecule has 5 rings (SSSR count). The van der Waals surface area contributed by atoms with E-state index in [0.717, 1.165) is 35.4 Å². The van der Waals surface area contributed by atoms with Gasteiger partial charge in [-0.05, 0) is 50.5 Å². The zero-order valence-corrected chi connectivity index (χ0v) is 21.8. The topological polar surface area (TPSA) is 119 Å². The van der Waals surface area contributed by atoms with Crippen molar-refractivity contribution in [3.05, 3.63) is 76.3 Å². The second kappa shape index (κ2) is 9.14. The number of benzene rings is 1. The Morgan fingerprint density at radius 3 is 2.64 bits per heavy atom. The summed E-state index contributed by atoms with van der Waals surface area (Å²) in [6, 6.07) is 7.22. The highest BCUT2D eigenvalue weighted by Crippen LogP contribution is 2.40. The van der Waals surface area contributed by atoms with Crippen LogP contribution in [-0.2, 0) is 10.0 Å². The fourth-order valence-corrected chi connectivity index (χ4v) is 7.02. The third-order valence-corrected chi connectivity index (χ3v) is 9.60. The van der Waals surface area contributed by atoms with Gasteiger partial charge in [0.05, 0.1) is 39.8 Å². The summed E-state index contributed by atoms with van der Waals surface area (Å²) in [6.45, 7) is 7.46. The van der Waals surface area contributed by atoms with Crippen molar-refractivity contribution in [1.82, 2.24) is 24.8 Å². The molecule has 0 unspecified atom stereocenters. The zero-order chi connectivity index (χ0) is 25.6. The van der Waals surface area contributed by atoms with E-state index < -0.39 is 10.0 Å². The second-order valence-corrected chi connectivity index (χ2v) is 12.0. The fourth-order valence-electron chi connectivity index (χ4n) is 4.50. The smallest absolute Gasteiger partial charge is 0.273 e. The van der Waals surface area contributed by atoms with Crippen LogP contribution in [0.4, 0.5) is 5.69 Å². The third-order valence-electron chi connectivity index (χ3n) is 6.53. The maximum absolute atomic E-state index is 13.3. The lowest BCUT2D eigenvalue weighted by atomic mass is 9.78. The molecule has 1 aliphatic carbocycles. The Morgan fingerprint density at radius 2 is 1.94 bits per heavy atom. The molecular formula is C25H26N6O3S2. The van der Waals surface area contributed by atoms with Gasteiger partial charge in [-0.1, -0.05) is 12.6 Å². The van der Waals surface area contributed by atoms with Crippen molar-refractivity contribution in [2.24, 2.45) is 5.92 Å². The lowest BCUT2D eigenvalue weighted by molar-refractivity contribution is 0.219. The van der Waals surface area contributed by atoms with Gasteiger partial charge in [-0.2, -0.15) is 0 Å². The summed E-state index contributed by atoms with van der Waals surface area (Å²) in [5.41, 5.74) is 3.70. The molecule has 1 aromatic carbocycles. The number of thiazole rings is 1. The Morgan fingerprint density at radius 1 is 1.17 bits per heavy atom. The molecule has 3 aromatic heterocycles. The number of hydrogen-bond acceptors (Lipinski definition) is 8. The van der Waals surface area contributed by atoms with E-state index in [1.54, 1.807) is 49.1 Å². The molecule has 0 amide bonds. The predicted molar refractivity (Wildman–Crippen MR) is 142 cm³/mol. The van der Waals surface area contributed by atoms with E-state index in [1.807, 2.05) is 13.1 Å². The van der Waals surface area contributed by atoms with Crippen molar-refractivity contribution in [3.63, 3.8) is 0 Å². The fraction of sp³-hybridized carbons (Fsp3) is 0.280. The molecule has 0 atom stereocenters. The molecule has 11 heteroatoms. The van der Waals surface area contributed by atoms with E-state index in [0.29, 0.717) is 38.8 Å². The number of nitrogens with zero attached hydrogens (tertiary/aromatic N) is 4. The van der Waals surface area contributed by atoms with Gasteiger partial charge < -0.3 is 5.32 Å². The standard InChI is InChI=1S/C25H26N6O3S2/c1-14(26-4)18-8-21(9-18)31-13-28-23-6-5-17(10-22(23)24(31)32)19-7-20(12-27-11-19)30-36(33,34)25-15(2)29-16(3)35-25/h5-7,10-13,18,21,26,30H,1,8-9H2,2-4H3. The molecule has 0 radical (unpaired) electrons. The quantitative estimate of drug-likeness (QED) is 0.376. The first-order valence-electron chi connectivity index (χ1n) is 11.5. The molecule has 0 bridgehead atoms. The first-order chi connectivity index (χ1) is 17.2. The van der Waals surface area contributed by atoms with Crippen LogP contribution >= 0.6 is 11.3 Å². The van der Waals surface area contributed by atoms with Crippen molar-refractivity contribution in [2.75, 3.05) is 11.8 Å². The minimum atomic E-state index is -3.80. The van der Waals surface area contributed by atoms with Gasteiger partial charge in [-0.25, -0.2) is 18.4 Å². The van der Waals surface area contributed by atoms with E-state index in [4.69, 9.17) is 0 Å². The highest BCUT2D eigenvalue weighted by Gasteiger charge is 2.33. The number of sulfonamides is 1. The normalized spacial score (nSPS) is 17.5. The Bertz CT molecular complexity index is 1650. The van der Waals surface area contributed by atoms with Gasteiger partial charge in [-0.3, -0.25) is 19.1 Å².